The van der Waals surface area contributed by atoms with Crippen molar-refractivity contribution in [3.8, 4) is 0 Å². The first-order valence-electron chi connectivity index (χ1n) is 6.04. The number of hydrogen-bond acceptors (Lipinski definition) is 5. The third-order valence-corrected chi connectivity index (χ3v) is 2.85. The van der Waals surface area contributed by atoms with E-state index in [0.29, 0.717) is 0 Å². The molecular weight excluding hydrogens is 228 g/mol. The molecule has 0 aliphatic rings. The summed E-state index contributed by atoms with van der Waals surface area (Å²) >= 11 is 0. The Kier molecular flexibility index (Phi) is 3.55. The van der Waals surface area contributed by atoms with Crippen LogP contribution in [0, 0.1) is 6.92 Å². The fraction of sp³-hybridized carbons (Fsp3) is 0.500. The molecule has 0 unspecified atom stereocenters. The highest BCUT2D eigenvalue weighted by Crippen LogP contribution is 2.19. The molecule has 0 fully saturated rings. The van der Waals surface area contributed by atoms with Crippen LogP contribution in [-0.4, -0.2) is 24.7 Å². The van der Waals surface area contributed by atoms with Gasteiger partial charge in [0, 0.05) is 18.8 Å². The lowest BCUT2D eigenvalue weighted by Gasteiger charge is -2.16. The van der Waals surface area contributed by atoms with Crippen molar-refractivity contribution < 1.29 is 0 Å². The zero-order valence-electron chi connectivity index (χ0n) is 11.2. The van der Waals surface area contributed by atoms with Crippen molar-refractivity contribution in [2.75, 3.05) is 5.32 Å². The molecule has 2 aromatic rings. The van der Waals surface area contributed by atoms with Gasteiger partial charge in [0.25, 0.3) is 0 Å². The second-order valence-electron chi connectivity index (χ2n) is 4.31. The van der Waals surface area contributed by atoms with Crippen LogP contribution in [0.15, 0.2) is 12.5 Å². The Balaban J connectivity index is 2.23. The van der Waals surface area contributed by atoms with Gasteiger partial charge >= 0.3 is 0 Å². The molecule has 18 heavy (non-hydrogen) atoms. The molecule has 6 nitrogen and oxygen atoms in total. The van der Waals surface area contributed by atoms with E-state index in [1.165, 1.54) is 0 Å². The highest BCUT2D eigenvalue weighted by molar-refractivity contribution is 5.44. The van der Waals surface area contributed by atoms with Gasteiger partial charge in [-0.1, -0.05) is 6.92 Å². The van der Waals surface area contributed by atoms with Gasteiger partial charge in [0.15, 0.2) is 5.82 Å². The summed E-state index contributed by atoms with van der Waals surface area (Å²) in [6, 6.07) is 0.0529. The van der Waals surface area contributed by atoms with Gasteiger partial charge in [-0.2, -0.15) is 0 Å². The standard InChI is InChI=1S/C12H18N6/c1-5-10-6-13-9(3)16-11(10)15-8(2)12-17-14-7-18(12)4/h6-8H,5H2,1-4H3,(H,13,15,16)/t8-/m0/s1. The highest BCUT2D eigenvalue weighted by atomic mass is 15.3. The van der Waals surface area contributed by atoms with Gasteiger partial charge in [0.1, 0.15) is 18.0 Å². The van der Waals surface area contributed by atoms with E-state index >= 15 is 0 Å². The molecule has 96 valence electrons. The Morgan fingerprint density at radius 1 is 1.44 bits per heavy atom. The Morgan fingerprint density at radius 3 is 2.83 bits per heavy atom. The molecule has 0 aliphatic carbocycles. The molecule has 1 N–H and O–H groups in total. The molecule has 1 atom stereocenters. The molecule has 0 saturated carbocycles. The Bertz CT molecular complexity index is 533. The van der Waals surface area contributed by atoms with Gasteiger partial charge < -0.3 is 9.88 Å². The van der Waals surface area contributed by atoms with E-state index in [1.54, 1.807) is 6.33 Å². The molecule has 0 saturated heterocycles. The van der Waals surface area contributed by atoms with Crippen LogP contribution in [0.1, 0.15) is 37.1 Å². The summed E-state index contributed by atoms with van der Waals surface area (Å²) in [7, 11) is 1.93. The van der Waals surface area contributed by atoms with Gasteiger partial charge in [0.05, 0.1) is 6.04 Å². The minimum absolute atomic E-state index is 0.0529. The third-order valence-electron chi connectivity index (χ3n) is 2.85. The van der Waals surface area contributed by atoms with Gasteiger partial charge in [-0.3, -0.25) is 0 Å². The van der Waals surface area contributed by atoms with Crippen LogP contribution in [-0.2, 0) is 13.5 Å². The van der Waals surface area contributed by atoms with Gasteiger partial charge in [-0.05, 0) is 20.3 Å². The van der Waals surface area contributed by atoms with E-state index in [2.05, 4.69) is 32.4 Å². The lowest BCUT2D eigenvalue weighted by molar-refractivity contribution is 0.713. The predicted octanol–water partition coefficient (Wildman–Crippen LogP) is 1.65. The average molecular weight is 246 g/mol. The number of hydrogen-bond donors (Lipinski definition) is 1. The number of aromatic nitrogens is 5. The lowest BCUT2D eigenvalue weighted by Crippen LogP contribution is -2.14. The van der Waals surface area contributed by atoms with Crippen molar-refractivity contribution in [1.29, 1.82) is 0 Å². The smallest absolute Gasteiger partial charge is 0.154 e. The van der Waals surface area contributed by atoms with Crippen LogP contribution < -0.4 is 5.32 Å². The number of rotatable bonds is 4. The molecule has 2 heterocycles. The van der Waals surface area contributed by atoms with Gasteiger partial charge in [-0.25, -0.2) is 9.97 Å². The summed E-state index contributed by atoms with van der Waals surface area (Å²) in [6.07, 6.45) is 4.46. The Morgan fingerprint density at radius 2 is 2.22 bits per heavy atom. The molecule has 0 radical (unpaired) electrons. The summed E-state index contributed by atoms with van der Waals surface area (Å²) < 4.78 is 1.90. The van der Waals surface area contributed by atoms with E-state index in [-0.39, 0.29) is 6.04 Å². The number of nitrogens with zero attached hydrogens (tertiary/aromatic N) is 5. The second kappa shape index (κ2) is 5.12. The van der Waals surface area contributed by atoms with E-state index in [4.69, 9.17) is 0 Å². The normalized spacial score (nSPS) is 12.4. The summed E-state index contributed by atoms with van der Waals surface area (Å²) in [5.74, 6) is 2.52. The lowest BCUT2D eigenvalue weighted by atomic mass is 10.2. The molecule has 0 bridgehead atoms. The van der Waals surface area contributed by atoms with E-state index in [9.17, 15) is 0 Å². The summed E-state index contributed by atoms with van der Waals surface area (Å²) in [5, 5.41) is 11.4. The molecule has 0 spiro atoms. The largest absolute Gasteiger partial charge is 0.360 e. The minimum Gasteiger partial charge on any atom is -0.360 e. The molecule has 0 aromatic carbocycles. The molecule has 0 amide bonds. The maximum atomic E-state index is 4.44. The Hall–Kier alpha value is -1.98. The topological polar surface area (TPSA) is 68.5 Å². The van der Waals surface area contributed by atoms with Crippen molar-refractivity contribution in [3.05, 3.63) is 29.7 Å². The van der Waals surface area contributed by atoms with E-state index in [1.807, 2.05) is 31.7 Å². The number of nitrogens with one attached hydrogen (secondary N) is 1. The molecular formula is C12H18N6. The maximum Gasteiger partial charge on any atom is 0.154 e. The van der Waals surface area contributed by atoms with Crippen LogP contribution in [0.5, 0.6) is 0 Å². The zero-order valence-corrected chi connectivity index (χ0v) is 11.2. The quantitative estimate of drug-likeness (QED) is 0.888. The first-order chi connectivity index (χ1) is 8.61. The second-order valence-corrected chi connectivity index (χ2v) is 4.31. The SMILES string of the molecule is CCc1cnc(C)nc1N[C@@H](C)c1nncn1C. The third kappa shape index (κ3) is 2.47. The first kappa shape index (κ1) is 12.5. The van der Waals surface area contributed by atoms with Crippen LogP contribution in [0.2, 0.25) is 0 Å². The monoisotopic (exact) mass is 246 g/mol. The number of anilines is 1. The number of aryl methyl sites for hydroxylation is 3. The van der Waals surface area contributed by atoms with Crippen LogP contribution in [0.3, 0.4) is 0 Å². The predicted molar refractivity (Wildman–Crippen MR) is 69.2 cm³/mol. The average Bonchev–Trinajstić information content (AvgIpc) is 2.76. The van der Waals surface area contributed by atoms with Crippen molar-refractivity contribution in [2.24, 2.45) is 7.05 Å². The highest BCUT2D eigenvalue weighted by Gasteiger charge is 2.13. The van der Waals surface area contributed by atoms with Crippen molar-refractivity contribution in [3.63, 3.8) is 0 Å². The summed E-state index contributed by atoms with van der Waals surface area (Å²) in [6.45, 7) is 6.02. The first-order valence-corrected chi connectivity index (χ1v) is 6.04. The fourth-order valence-electron chi connectivity index (χ4n) is 1.83. The van der Waals surface area contributed by atoms with Crippen molar-refractivity contribution in [2.45, 2.75) is 33.2 Å². The van der Waals surface area contributed by atoms with Crippen LogP contribution >= 0.6 is 0 Å². The van der Waals surface area contributed by atoms with Crippen LogP contribution in [0.25, 0.3) is 0 Å². The molecule has 2 rings (SSSR count). The molecule has 0 aliphatic heterocycles. The van der Waals surface area contributed by atoms with Gasteiger partial charge in [0.2, 0.25) is 0 Å². The van der Waals surface area contributed by atoms with E-state index in [0.717, 1.165) is 29.5 Å². The van der Waals surface area contributed by atoms with Gasteiger partial charge in [-0.15, -0.1) is 10.2 Å². The van der Waals surface area contributed by atoms with Crippen LogP contribution in [0.4, 0.5) is 5.82 Å². The maximum absolute atomic E-state index is 4.44. The van der Waals surface area contributed by atoms with Crippen molar-refractivity contribution in [1.82, 2.24) is 24.7 Å². The molecule has 6 heteroatoms. The summed E-state index contributed by atoms with van der Waals surface area (Å²) in [4.78, 5) is 8.66. The fourth-order valence-corrected chi connectivity index (χ4v) is 1.83. The van der Waals surface area contributed by atoms with E-state index < -0.39 is 0 Å². The van der Waals surface area contributed by atoms with Crippen molar-refractivity contribution >= 4 is 5.82 Å². The minimum atomic E-state index is 0.0529. The Labute approximate surface area is 106 Å². The zero-order chi connectivity index (χ0) is 13.1. The molecule has 2 aromatic heterocycles. The summed E-state index contributed by atoms with van der Waals surface area (Å²) in [5.41, 5.74) is 1.11.